The van der Waals surface area contributed by atoms with Crippen molar-refractivity contribution in [2.45, 2.75) is 64.5 Å². The second kappa shape index (κ2) is 6.64. The lowest BCUT2D eigenvalue weighted by Crippen LogP contribution is -2.54. The van der Waals surface area contributed by atoms with Crippen molar-refractivity contribution in [2.24, 2.45) is 0 Å². The molecule has 1 aromatic rings. The molecule has 128 valence electrons. The maximum Gasteiger partial charge on any atom is 0.407 e. The molecule has 1 fully saturated rings. The van der Waals surface area contributed by atoms with E-state index in [0.29, 0.717) is 12.3 Å². The van der Waals surface area contributed by atoms with E-state index in [1.54, 1.807) is 6.07 Å². The Bertz CT molecular complexity index is 565. The smallest absolute Gasteiger partial charge is 0.407 e. The van der Waals surface area contributed by atoms with Gasteiger partial charge in [0.05, 0.1) is 11.8 Å². The van der Waals surface area contributed by atoms with E-state index < -0.39 is 17.2 Å². The first-order valence-electron chi connectivity index (χ1n) is 8.04. The molecule has 1 aromatic heterocycles. The third-order valence-corrected chi connectivity index (χ3v) is 3.98. The molecule has 2 rings (SSSR count). The summed E-state index contributed by atoms with van der Waals surface area (Å²) < 4.78 is 10.5. The molecule has 0 aliphatic heterocycles. The van der Waals surface area contributed by atoms with Gasteiger partial charge in [0.25, 0.3) is 5.91 Å². The minimum Gasteiger partial charge on any atom is -0.459 e. The first-order valence-corrected chi connectivity index (χ1v) is 8.04. The van der Waals surface area contributed by atoms with Crippen LogP contribution in [-0.2, 0) is 4.74 Å². The zero-order valence-electron chi connectivity index (χ0n) is 14.3. The molecule has 23 heavy (non-hydrogen) atoms. The predicted molar refractivity (Wildman–Crippen MR) is 86.3 cm³/mol. The summed E-state index contributed by atoms with van der Waals surface area (Å²) in [4.78, 5) is 24.3. The highest BCUT2D eigenvalue weighted by Crippen LogP contribution is 2.30. The van der Waals surface area contributed by atoms with Crippen LogP contribution in [0, 0.1) is 6.92 Å². The molecule has 0 unspecified atom stereocenters. The van der Waals surface area contributed by atoms with E-state index in [4.69, 9.17) is 9.15 Å². The molecular weight excluding hydrogens is 296 g/mol. The number of carbonyl (C=O) groups is 2. The van der Waals surface area contributed by atoms with Crippen LogP contribution in [0.1, 0.15) is 62.6 Å². The van der Waals surface area contributed by atoms with Crippen LogP contribution in [0.4, 0.5) is 4.79 Å². The van der Waals surface area contributed by atoms with Gasteiger partial charge in [-0.25, -0.2) is 4.79 Å². The van der Waals surface area contributed by atoms with Gasteiger partial charge < -0.3 is 19.8 Å². The van der Waals surface area contributed by atoms with E-state index in [0.717, 1.165) is 31.2 Å². The van der Waals surface area contributed by atoms with Crippen LogP contribution in [0.25, 0.3) is 0 Å². The average molecular weight is 322 g/mol. The van der Waals surface area contributed by atoms with Gasteiger partial charge >= 0.3 is 6.09 Å². The van der Waals surface area contributed by atoms with Crippen LogP contribution in [0.3, 0.4) is 0 Å². The summed E-state index contributed by atoms with van der Waals surface area (Å²) >= 11 is 0. The molecule has 0 atom stereocenters. The summed E-state index contributed by atoms with van der Waals surface area (Å²) in [5, 5.41) is 5.83. The molecule has 1 saturated carbocycles. The van der Waals surface area contributed by atoms with Gasteiger partial charge in [0, 0.05) is 12.1 Å². The predicted octanol–water partition coefficient (Wildman–Crippen LogP) is 3.16. The summed E-state index contributed by atoms with van der Waals surface area (Å²) in [5.41, 5.74) is -0.176. The van der Waals surface area contributed by atoms with Gasteiger partial charge in [0.1, 0.15) is 5.60 Å². The molecule has 1 heterocycles. The number of rotatable bonds is 4. The normalized spacial score (nSPS) is 16.9. The van der Waals surface area contributed by atoms with Gasteiger partial charge in [0.2, 0.25) is 0 Å². The topological polar surface area (TPSA) is 80.6 Å². The molecule has 0 bridgehead atoms. The van der Waals surface area contributed by atoms with Crippen LogP contribution in [0.15, 0.2) is 16.7 Å². The molecule has 0 aromatic carbocycles. The Kier molecular flexibility index (Phi) is 5.02. The number of aryl methyl sites for hydroxylation is 1. The van der Waals surface area contributed by atoms with Crippen LogP contribution in [0.5, 0.6) is 0 Å². The Morgan fingerprint density at radius 1 is 1.30 bits per heavy atom. The number of furan rings is 1. The fourth-order valence-corrected chi connectivity index (χ4v) is 2.86. The van der Waals surface area contributed by atoms with E-state index in [2.05, 4.69) is 10.6 Å². The Hall–Kier alpha value is -1.98. The largest absolute Gasteiger partial charge is 0.459 e. The molecule has 0 saturated heterocycles. The number of hydrogen-bond acceptors (Lipinski definition) is 4. The Balaban J connectivity index is 1.98. The van der Waals surface area contributed by atoms with Crippen molar-refractivity contribution in [1.82, 2.24) is 10.6 Å². The van der Waals surface area contributed by atoms with Crippen LogP contribution in [0.2, 0.25) is 0 Å². The van der Waals surface area contributed by atoms with Crippen molar-refractivity contribution >= 4 is 12.0 Å². The van der Waals surface area contributed by atoms with Gasteiger partial charge in [-0.1, -0.05) is 12.8 Å². The van der Waals surface area contributed by atoms with Crippen molar-refractivity contribution in [1.29, 1.82) is 0 Å². The molecule has 0 spiro atoms. The van der Waals surface area contributed by atoms with E-state index >= 15 is 0 Å². The van der Waals surface area contributed by atoms with Gasteiger partial charge in [0.15, 0.2) is 5.76 Å². The minimum absolute atomic E-state index is 0.236. The van der Waals surface area contributed by atoms with Crippen LogP contribution < -0.4 is 10.6 Å². The summed E-state index contributed by atoms with van der Waals surface area (Å²) in [6, 6.07) is 1.76. The van der Waals surface area contributed by atoms with Crippen molar-refractivity contribution in [3.05, 3.63) is 23.7 Å². The van der Waals surface area contributed by atoms with Crippen LogP contribution >= 0.6 is 0 Å². The highest BCUT2D eigenvalue weighted by Gasteiger charge is 2.37. The van der Waals surface area contributed by atoms with Gasteiger partial charge in [-0.2, -0.15) is 0 Å². The quantitative estimate of drug-likeness (QED) is 0.892. The summed E-state index contributed by atoms with van der Waals surface area (Å²) in [6.07, 6.45) is 4.74. The molecule has 2 N–H and O–H groups in total. The van der Waals surface area contributed by atoms with E-state index in [-0.39, 0.29) is 5.91 Å². The lowest BCUT2D eigenvalue weighted by Gasteiger charge is -2.31. The van der Waals surface area contributed by atoms with Crippen molar-refractivity contribution in [3.63, 3.8) is 0 Å². The van der Waals surface area contributed by atoms with Crippen molar-refractivity contribution < 1.29 is 18.7 Å². The number of carbonyl (C=O) groups excluding carboxylic acids is 2. The Morgan fingerprint density at radius 3 is 2.48 bits per heavy atom. The van der Waals surface area contributed by atoms with Crippen LogP contribution in [-0.4, -0.2) is 29.7 Å². The van der Waals surface area contributed by atoms with E-state index in [1.807, 2.05) is 27.7 Å². The molecular formula is C17H26N2O4. The molecule has 2 amide bonds. The molecule has 6 nitrogen and oxygen atoms in total. The molecule has 0 radical (unpaired) electrons. The summed E-state index contributed by atoms with van der Waals surface area (Å²) in [6.45, 7) is 7.64. The van der Waals surface area contributed by atoms with Gasteiger partial charge in [-0.3, -0.25) is 4.79 Å². The Labute approximate surface area is 137 Å². The Morgan fingerprint density at radius 2 is 1.96 bits per heavy atom. The number of hydrogen-bond donors (Lipinski definition) is 2. The monoisotopic (exact) mass is 322 g/mol. The van der Waals surface area contributed by atoms with E-state index in [1.165, 1.54) is 6.26 Å². The first-order chi connectivity index (χ1) is 10.7. The fourth-order valence-electron chi connectivity index (χ4n) is 2.86. The minimum atomic E-state index is -0.540. The maximum absolute atomic E-state index is 12.4. The fraction of sp³-hybridized carbons (Fsp3) is 0.647. The first kappa shape index (κ1) is 17.4. The average Bonchev–Trinajstić information content (AvgIpc) is 3.04. The lowest BCUT2D eigenvalue weighted by atomic mass is 9.97. The number of alkyl carbamates (subject to hydrolysis) is 1. The standard InChI is InChI=1S/C17H26N2O4/c1-12-7-10-22-13(12)14(20)19-17(8-5-6-9-17)11-18-15(21)23-16(2,3)4/h7,10H,5-6,8-9,11H2,1-4H3,(H,18,21)(H,19,20). The lowest BCUT2D eigenvalue weighted by molar-refractivity contribution is 0.0504. The van der Waals surface area contributed by atoms with Gasteiger partial charge in [-0.15, -0.1) is 0 Å². The number of amides is 2. The highest BCUT2D eigenvalue weighted by molar-refractivity contribution is 5.93. The van der Waals surface area contributed by atoms with E-state index in [9.17, 15) is 9.59 Å². The zero-order valence-corrected chi connectivity index (χ0v) is 14.3. The second-order valence-corrected chi connectivity index (χ2v) is 7.23. The third kappa shape index (κ3) is 4.74. The molecule has 1 aliphatic rings. The highest BCUT2D eigenvalue weighted by atomic mass is 16.6. The molecule has 6 heteroatoms. The summed E-state index contributed by atoms with van der Waals surface area (Å²) in [5.74, 6) is 0.0916. The van der Waals surface area contributed by atoms with Gasteiger partial charge in [-0.05, 0) is 46.6 Å². The van der Waals surface area contributed by atoms with Crippen molar-refractivity contribution in [2.75, 3.05) is 6.54 Å². The van der Waals surface area contributed by atoms with Crippen molar-refractivity contribution in [3.8, 4) is 0 Å². The maximum atomic E-state index is 12.4. The third-order valence-electron chi connectivity index (χ3n) is 3.98. The summed E-state index contributed by atoms with van der Waals surface area (Å²) in [7, 11) is 0. The number of nitrogens with one attached hydrogen (secondary N) is 2. The zero-order chi connectivity index (χ0) is 17.1. The molecule has 1 aliphatic carbocycles. The SMILES string of the molecule is Cc1ccoc1C(=O)NC1(CNC(=O)OC(C)(C)C)CCCC1. The number of ether oxygens (including phenoxy) is 1. The second-order valence-electron chi connectivity index (χ2n) is 7.23.